The highest BCUT2D eigenvalue weighted by molar-refractivity contribution is 6.30. The Morgan fingerprint density at radius 1 is 1.17 bits per heavy atom. The summed E-state index contributed by atoms with van der Waals surface area (Å²) in [6.07, 6.45) is 7.00. The lowest BCUT2D eigenvalue weighted by Gasteiger charge is -2.02. The molecule has 0 atom stereocenters. The standard InChI is InChI=1S/C21H15ClN4O3/c1-29-21(28)14-3-8-17-18(10-14)24-19(25-20(17)27)9-2-13-11-23-26(12-13)16-6-4-15(22)5-7-16/h2-12H,1H3,(H,24,25,27). The molecule has 2 aromatic carbocycles. The van der Waals surface area contributed by atoms with Gasteiger partial charge in [0.05, 0.1) is 35.5 Å². The Balaban J connectivity index is 1.63. The average Bonchev–Trinajstić information content (AvgIpc) is 3.21. The van der Waals surface area contributed by atoms with Crippen molar-refractivity contribution in [2.45, 2.75) is 0 Å². The summed E-state index contributed by atoms with van der Waals surface area (Å²) in [5, 5.41) is 5.36. The number of methoxy groups -OCH3 is 1. The summed E-state index contributed by atoms with van der Waals surface area (Å²) in [5.41, 5.74) is 2.15. The van der Waals surface area contributed by atoms with E-state index in [4.69, 9.17) is 16.3 Å². The van der Waals surface area contributed by atoms with Gasteiger partial charge in [-0.1, -0.05) is 11.6 Å². The van der Waals surface area contributed by atoms with Crippen LogP contribution < -0.4 is 5.56 Å². The fraction of sp³-hybridized carbons (Fsp3) is 0.0476. The van der Waals surface area contributed by atoms with Gasteiger partial charge in [0.15, 0.2) is 0 Å². The van der Waals surface area contributed by atoms with E-state index in [0.29, 0.717) is 27.3 Å². The maximum absolute atomic E-state index is 12.3. The predicted molar refractivity (Wildman–Crippen MR) is 111 cm³/mol. The van der Waals surface area contributed by atoms with Gasteiger partial charge in [-0.15, -0.1) is 0 Å². The molecular weight excluding hydrogens is 392 g/mol. The number of ether oxygens (including phenoxy) is 1. The van der Waals surface area contributed by atoms with Gasteiger partial charge in [0, 0.05) is 16.8 Å². The van der Waals surface area contributed by atoms with E-state index in [1.54, 1.807) is 41.2 Å². The first-order valence-corrected chi connectivity index (χ1v) is 9.02. The third-order valence-corrected chi connectivity index (χ3v) is 4.53. The maximum Gasteiger partial charge on any atom is 0.337 e. The summed E-state index contributed by atoms with van der Waals surface area (Å²) < 4.78 is 6.43. The van der Waals surface area contributed by atoms with Crippen LogP contribution in [-0.2, 0) is 4.74 Å². The van der Waals surface area contributed by atoms with Gasteiger partial charge in [-0.2, -0.15) is 5.10 Å². The topological polar surface area (TPSA) is 89.9 Å². The molecule has 0 radical (unpaired) electrons. The zero-order chi connectivity index (χ0) is 20.4. The van der Waals surface area contributed by atoms with Gasteiger partial charge in [-0.3, -0.25) is 4.79 Å². The molecule has 0 bridgehead atoms. The number of H-pyrrole nitrogens is 1. The lowest BCUT2D eigenvalue weighted by molar-refractivity contribution is 0.0601. The first kappa shape index (κ1) is 18.6. The van der Waals surface area contributed by atoms with E-state index < -0.39 is 5.97 Å². The number of nitrogens with one attached hydrogen (secondary N) is 1. The van der Waals surface area contributed by atoms with Crippen molar-refractivity contribution in [3.63, 3.8) is 0 Å². The van der Waals surface area contributed by atoms with Crippen molar-refractivity contribution < 1.29 is 9.53 Å². The van der Waals surface area contributed by atoms with Gasteiger partial charge < -0.3 is 9.72 Å². The van der Waals surface area contributed by atoms with Crippen molar-refractivity contribution in [2.24, 2.45) is 0 Å². The summed E-state index contributed by atoms with van der Waals surface area (Å²) in [6.45, 7) is 0. The molecular formula is C21H15ClN4O3. The van der Waals surface area contributed by atoms with Crippen LogP contribution in [0.3, 0.4) is 0 Å². The van der Waals surface area contributed by atoms with Crippen LogP contribution in [0.4, 0.5) is 0 Å². The lowest BCUT2D eigenvalue weighted by Crippen LogP contribution is -2.10. The highest BCUT2D eigenvalue weighted by atomic mass is 35.5. The zero-order valence-corrected chi connectivity index (χ0v) is 16.1. The molecule has 0 aliphatic rings. The lowest BCUT2D eigenvalue weighted by atomic mass is 10.1. The SMILES string of the molecule is COC(=O)c1ccc2c(=O)[nH]c(C=Cc3cnn(-c4ccc(Cl)cc4)c3)nc2c1. The van der Waals surface area contributed by atoms with Gasteiger partial charge >= 0.3 is 5.97 Å². The van der Waals surface area contributed by atoms with Crippen LogP contribution in [-0.4, -0.2) is 32.8 Å². The monoisotopic (exact) mass is 406 g/mol. The zero-order valence-electron chi connectivity index (χ0n) is 15.3. The molecule has 8 heteroatoms. The molecule has 2 heterocycles. The Hall–Kier alpha value is -3.71. The number of hydrogen-bond donors (Lipinski definition) is 1. The number of fused-ring (bicyclic) bond motifs is 1. The van der Waals surface area contributed by atoms with Gasteiger partial charge in [-0.05, 0) is 54.6 Å². The Bertz CT molecular complexity index is 1290. The molecule has 29 heavy (non-hydrogen) atoms. The van der Waals surface area contributed by atoms with Crippen LogP contribution in [0.25, 0.3) is 28.7 Å². The fourth-order valence-electron chi connectivity index (χ4n) is 2.81. The third kappa shape index (κ3) is 3.95. The van der Waals surface area contributed by atoms with Crippen LogP contribution >= 0.6 is 11.6 Å². The second kappa shape index (κ2) is 7.73. The summed E-state index contributed by atoms with van der Waals surface area (Å²) in [7, 11) is 1.30. The summed E-state index contributed by atoms with van der Waals surface area (Å²) in [4.78, 5) is 31.1. The van der Waals surface area contributed by atoms with Crippen molar-refractivity contribution in [3.05, 3.63) is 87.2 Å². The van der Waals surface area contributed by atoms with Crippen LogP contribution in [0.2, 0.25) is 5.02 Å². The van der Waals surface area contributed by atoms with Crippen LogP contribution in [0.1, 0.15) is 21.7 Å². The second-order valence-corrected chi connectivity index (χ2v) is 6.64. The summed E-state index contributed by atoms with van der Waals surface area (Å²) >= 11 is 5.91. The number of carbonyl (C=O) groups is 1. The van der Waals surface area contributed by atoms with Gasteiger partial charge in [0.1, 0.15) is 5.82 Å². The van der Waals surface area contributed by atoms with Gasteiger partial charge in [-0.25, -0.2) is 14.5 Å². The predicted octanol–water partition coefficient (Wildman–Crippen LogP) is 3.72. The molecule has 0 aliphatic heterocycles. The van der Waals surface area contributed by atoms with E-state index in [1.165, 1.54) is 19.2 Å². The summed E-state index contributed by atoms with van der Waals surface area (Å²) in [5.74, 6) is -0.121. The third-order valence-electron chi connectivity index (χ3n) is 4.27. The number of rotatable bonds is 4. The molecule has 0 saturated heterocycles. The van der Waals surface area contributed by atoms with E-state index in [1.807, 2.05) is 18.3 Å². The minimum absolute atomic E-state index is 0.289. The normalized spacial score (nSPS) is 11.2. The van der Waals surface area contributed by atoms with Gasteiger partial charge in [0.2, 0.25) is 0 Å². The average molecular weight is 407 g/mol. The Kier molecular flexibility index (Phi) is 4.97. The first-order valence-electron chi connectivity index (χ1n) is 8.64. The number of carbonyl (C=O) groups excluding carboxylic acids is 1. The van der Waals surface area contributed by atoms with Gasteiger partial charge in [0.25, 0.3) is 5.56 Å². The van der Waals surface area contributed by atoms with E-state index >= 15 is 0 Å². The number of benzene rings is 2. The van der Waals surface area contributed by atoms with Crippen molar-refractivity contribution in [3.8, 4) is 5.69 Å². The van der Waals surface area contributed by atoms with Crippen molar-refractivity contribution >= 4 is 40.6 Å². The van der Waals surface area contributed by atoms with E-state index in [2.05, 4.69) is 15.1 Å². The molecule has 0 amide bonds. The minimum atomic E-state index is -0.485. The van der Waals surface area contributed by atoms with Crippen molar-refractivity contribution in [1.82, 2.24) is 19.7 Å². The molecule has 7 nitrogen and oxygen atoms in total. The molecule has 144 valence electrons. The van der Waals surface area contributed by atoms with Crippen LogP contribution in [0.5, 0.6) is 0 Å². The van der Waals surface area contributed by atoms with Crippen molar-refractivity contribution in [2.75, 3.05) is 7.11 Å². The molecule has 0 fully saturated rings. The van der Waals surface area contributed by atoms with E-state index in [0.717, 1.165) is 11.3 Å². The molecule has 4 aromatic rings. The second-order valence-electron chi connectivity index (χ2n) is 6.20. The van der Waals surface area contributed by atoms with Crippen LogP contribution in [0.15, 0.2) is 59.7 Å². The highest BCUT2D eigenvalue weighted by Gasteiger charge is 2.09. The molecule has 0 aliphatic carbocycles. The summed E-state index contributed by atoms with van der Waals surface area (Å²) in [6, 6.07) is 11.9. The molecule has 0 unspecified atom stereocenters. The molecule has 2 aromatic heterocycles. The number of aromatic amines is 1. The number of esters is 1. The Morgan fingerprint density at radius 3 is 2.72 bits per heavy atom. The smallest absolute Gasteiger partial charge is 0.337 e. The molecule has 0 spiro atoms. The minimum Gasteiger partial charge on any atom is -0.465 e. The highest BCUT2D eigenvalue weighted by Crippen LogP contribution is 2.15. The number of halogens is 1. The Morgan fingerprint density at radius 2 is 1.97 bits per heavy atom. The fourth-order valence-corrected chi connectivity index (χ4v) is 2.94. The van der Waals surface area contributed by atoms with Crippen LogP contribution in [0, 0.1) is 0 Å². The number of nitrogens with zero attached hydrogens (tertiary/aromatic N) is 3. The largest absolute Gasteiger partial charge is 0.465 e. The quantitative estimate of drug-likeness (QED) is 0.522. The van der Waals surface area contributed by atoms with E-state index in [-0.39, 0.29) is 5.56 Å². The van der Waals surface area contributed by atoms with Crippen molar-refractivity contribution in [1.29, 1.82) is 0 Å². The number of hydrogen-bond acceptors (Lipinski definition) is 5. The first-order chi connectivity index (χ1) is 14.0. The maximum atomic E-state index is 12.3. The molecule has 0 saturated carbocycles. The molecule has 4 rings (SSSR count). The van der Waals surface area contributed by atoms with E-state index in [9.17, 15) is 9.59 Å². The Labute approximate surface area is 170 Å². The molecule has 1 N–H and O–H groups in total. The number of aromatic nitrogens is 4.